The van der Waals surface area contributed by atoms with Gasteiger partial charge in [-0.15, -0.1) is 0 Å². The number of hydrogen-bond acceptors (Lipinski definition) is 8. The van der Waals surface area contributed by atoms with E-state index in [4.69, 9.17) is 19.2 Å². The lowest BCUT2D eigenvalue weighted by Crippen LogP contribution is -2.57. The summed E-state index contributed by atoms with van der Waals surface area (Å²) in [6.07, 6.45) is 6.14. The summed E-state index contributed by atoms with van der Waals surface area (Å²) in [4.78, 5) is 29.0. The first-order valence-electron chi connectivity index (χ1n) is 15.8. The van der Waals surface area contributed by atoms with Gasteiger partial charge in [0.2, 0.25) is 0 Å². The monoisotopic (exact) mass is 675 g/mol. The van der Waals surface area contributed by atoms with E-state index in [1.54, 1.807) is 6.07 Å². The Morgan fingerprint density at radius 3 is 2.61 bits per heavy atom. The number of halogens is 3. The maximum absolute atomic E-state index is 15.6. The smallest absolute Gasteiger partial charge is 0.410 e. The van der Waals surface area contributed by atoms with Crippen molar-refractivity contribution in [2.45, 2.75) is 101 Å². The fourth-order valence-electron chi connectivity index (χ4n) is 7.49. The van der Waals surface area contributed by atoms with Gasteiger partial charge in [0.1, 0.15) is 17.7 Å². The molecule has 0 N–H and O–H groups in total. The molecule has 238 valence electrons. The van der Waals surface area contributed by atoms with Crippen LogP contribution in [0.2, 0.25) is 0 Å². The van der Waals surface area contributed by atoms with Crippen molar-refractivity contribution >= 4 is 32.9 Å². The van der Waals surface area contributed by atoms with Crippen LogP contribution in [0.25, 0.3) is 10.9 Å². The number of amides is 1. The van der Waals surface area contributed by atoms with E-state index < -0.39 is 17.6 Å². The Morgan fingerprint density at radius 1 is 1.18 bits per heavy atom. The molecule has 12 heteroatoms. The van der Waals surface area contributed by atoms with Gasteiger partial charge in [-0.1, -0.05) is 0 Å². The number of benzene rings is 1. The molecule has 2 aromatic rings. The highest BCUT2D eigenvalue weighted by Crippen LogP contribution is 2.43. The predicted molar refractivity (Wildman–Crippen MR) is 163 cm³/mol. The predicted octanol–water partition coefficient (Wildman–Crippen LogP) is 6.26. The fraction of sp³-hybridized carbons (Fsp3) is 0.656. The van der Waals surface area contributed by atoms with E-state index >= 15 is 4.39 Å². The standard InChI is InChI=1S/C32H40BrF2N5O4/c1-31(2,3)44-30(41)40-20-5-6-21(40)17-38(16-20)28(43-22-7-8-22)27-23-9-10-24(33)25(35)26(23)36-29(37-27)42-18-32-11-4-12-39(32)15-19(13-32)14-34/h9-10,14,20-22,28H,4-8,11-13,15-18H2,1-3H3/b19-14-/t20-,21+,28?,32-/m0/s1. The minimum Gasteiger partial charge on any atom is -0.461 e. The number of likely N-dealkylation sites (tertiary alicyclic amines) is 1. The first kappa shape index (κ1) is 30.3. The highest BCUT2D eigenvalue weighted by atomic mass is 79.9. The molecule has 1 saturated carbocycles. The average Bonchev–Trinajstić information content (AvgIpc) is 3.52. The van der Waals surface area contributed by atoms with Gasteiger partial charge in [0.15, 0.2) is 12.0 Å². The molecule has 4 saturated heterocycles. The number of piperazine rings is 1. The summed E-state index contributed by atoms with van der Waals surface area (Å²) >= 11 is 3.32. The topological polar surface area (TPSA) is 80.3 Å². The van der Waals surface area contributed by atoms with Gasteiger partial charge in [0.25, 0.3) is 0 Å². The minimum absolute atomic E-state index is 0.0174. The second-order valence-corrected chi connectivity index (χ2v) is 14.9. The van der Waals surface area contributed by atoms with Crippen molar-refractivity contribution in [1.82, 2.24) is 24.7 Å². The third-order valence-corrected chi connectivity index (χ3v) is 10.2. The third-order valence-electron chi connectivity index (χ3n) is 9.61. The van der Waals surface area contributed by atoms with Crippen LogP contribution in [-0.2, 0) is 9.47 Å². The molecule has 5 aliphatic rings. The summed E-state index contributed by atoms with van der Waals surface area (Å²) < 4.78 is 48.1. The molecule has 2 bridgehead atoms. The highest BCUT2D eigenvalue weighted by molar-refractivity contribution is 9.10. The average molecular weight is 677 g/mol. The zero-order valence-corrected chi connectivity index (χ0v) is 27.1. The van der Waals surface area contributed by atoms with Crippen molar-refractivity contribution in [2.75, 3.05) is 32.8 Å². The molecular formula is C32H40BrF2N5O4. The maximum Gasteiger partial charge on any atom is 0.410 e. The Labute approximate surface area is 265 Å². The summed E-state index contributed by atoms with van der Waals surface area (Å²) in [6, 6.07) is 3.54. The quantitative estimate of drug-likeness (QED) is 0.340. The number of carbonyl (C=O) groups excluding carboxylic acids is 1. The van der Waals surface area contributed by atoms with Crippen LogP contribution in [0.4, 0.5) is 13.6 Å². The van der Waals surface area contributed by atoms with E-state index in [0.717, 1.165) is 50.6 Å². The van der Waals surface area contributed by atoms with Crippen LogP contribution in [0.3, 0.4) is 0 Å². The normalized spacial score (nSPS) is 29.0. The second-order valence-electron chi connectivity index (χ2n) is 14.0. The molecule has 7 rings (SSSR count). The molecule has 9 nitrogen and oxygen atoms in total. The van der Waals surface area contributed by atoms with Crippen LogP contribution in [-0.4, -0.2) is 92.9 Å². The van der Waals surface area contributed by atoms with Crippen LogP contribution >= 0.6 is 15.9 Å². The summed E-state index contributed by atoms with van der Waals surface area (Å²) in [7, 11) is 0. The van der Waals surface area contributed by atoms with E-state index in [-0.39, 0.29) is 48.0 Å². The number of rotatable bonds is 7. The SMILES string of the molecule is CC(C)(C)OC(=O)N1[C@@H]2CC[C@H]1CN(C(OC1CC1)c1nc(OC[C@@]34CCCN3C/C(=C\F)C4)nc3c(F)c(Br)ccc13)C2. The molecule has 1 aromatic carbocycles. The van der Waals surface area contributed by atoms with Gasteiger partial charge in [-0.25, -0.2) is 13.6 Å². The van der Waals surface area contributed by atoms with E-state index in [1.807, 2.05) is 31.7 Å². The van der Waals surface area contributed by atoms with Gasteiger partial charge in [-0.05, 0) is 106 Å². The van der Waals surface area contributed by atoms with Gasteiger partial charge in [0.05, 0.1) is 28.1 Å². The number of ether oxygens (including phenoxy) is 3. The molecule has 1 aromatic heterocycles. The lowest BCUT2D eigenvalue weighted by atomic mass is 9.94. The summed E-state index contributed by atoms with van der Waals surface area (Å²) in [5.41, 5.74) is 0.604. The maximum atomic E-state index is 15.6. The van der Waals surface area contributed by atoms with Crippen LogP contribution in [0.5, 0.6) is 6.01 Å². The first-order valence-corrected chi connectivity index (χ1v) is 16.6. The van der Waals surface area contributed by atoms with Crippen molar-refractivity contribution in [3.05, 3.63) is 40.0 Å². The van der Waals surface area contributed by atoms with Crippen LogP contribution in [0, 0.1) is 5.82 Å². The van der Waals surface area contributed by atoms with Crippen LogP contribution in [0.1, 0.15) is 77.6 Å². The molecule has 0 spiro atoms. The Bertz CT molecular complexity index is 1470. The first-order chi connectivity index (χ1) is 21.0. The van der Waals surface area contributed by atoms with Crippen molar-refractivity contribution in [3.8, 4) is 6.01 Å². The van der Waals surface area contributed by atoms with Gasteiger partial charge < -0.3 is 14.2 Å². The minimum atomic E-state index is -0.572. The third kappa shape index (κ3) is 5.71. The number of aromatic nitrogens is 2. The number of nitrogens with zero attached hydrogens (tertiary/aromatic N) is 5. The fourth-order valence-corrected chi connectivity index (χ4v) is 7.81. The summed E-state index contributed by atoms with van der Waals surface area (Å²) in [6.45, 7) is 8.60. The Morgan fingerprint density at radius 2 is 1.93 bits per heavy atom. The Kier molecular flexibility index (Phi) is 7.86. The second kappa shape index (κ2) is 11.4. The van der Waals surface area contributed by atoms with E-state index in [0.29, 0.717) is 47.9 Å². The number of hydrogen-bond donors (Lipinski definition) is 0. The van der Waals surface area contributed by atoms with Gasteiger partial charge in [0, 0.05) is 37.1 Å². The van der Waals surface area contributed by atoms with E-state index in [1.165, 1.54) is 0 Å². The number of fused-ring (bicyclic) bond motifs is 4. The van der Waals surface area contributed by atoms with Crippen LogP contribution < -0.4 is 4.74 Å². The molecule has 1 unspecified atom stereocenters. The molecule has 4 aliphatic heterocycles. The van der Waals surface area contributed by atoms with Gasteiger partial charge >= 0.3 is 12.1 Å². The molecule has 5 fully saturated rings. The Hall–Kier alpha value is -2.41. The van der Waals surface area contributed by atoms with E-state index in [2.05, 4.69) is 30.7 Å². The van der Waals surface area contributed by atoms with Crippen LogP contribution in [0.15, 0.2) is 28.5 Å². The molecule has 5 heterocycles. The molecule has 0 radical (unpaired) electrons. The lowest BCUT2D eigenvalue weighted by molar-refractivity contribution is -0.102. The van der Waals surface area contributed by atoms with E-state index in [9.17, 15) is 9.18 Å². The summed E-state index contributed by atoms with van der Waals surface area (Å²) in [5.74, 6) is -0.486. The molecule has 1 aliphatic carbocycles. The van der Waals surface area contributed by atoms with Crippen molar-refractivity contribution in [3.63, 3.8) is 0 Å². The summed E-state index contributed by atoms with van der Waals surface area (Å²) in [5, 5.41) is 0.565. The largest absolute Gasteiger partial charge is 0.461 e. The molecular weight excluding hydrogens is 636 g/mol. The Balaban J connectivity index is 1.21. The lowest BCUT2D eigenvalue weighted by Gasteiger charge is -2.44. The highest BCUT2D eigenvalue weighted by Gasteiger charge is 2.49. The van der Waals surface area contributed by atoms with Gasteiger partial charge in [-0.2, -0.15) is 9.97 Å². The molecule has 1 amide bonds. The van der Waals surface area contributed by atoms with Crippen molar-refractivity contribution < 1.29 is 27.8 Å². The van der Waals surface area contributed by atoms with Crippen molar-refractivity contribution in [1.29, 1.82) is 0 Å². The molecule has 44 heavy (non-hydrogen) atoms. The van der Waals surface area contributed by atoms with Crippen molar-refractivity contribution in [2.24, 2.45) is 0 Å². The zero-order chi connectivity index (χ0) is 30.8. The molecule has 4 atom stereocenters. The zero-order valence-electron chi connectivity index (χ0n) is 25.5. The number of carbonyl (C=O) groups is 1. The van der Waals surface area contributed by atoms with Gasteiger partial charge in [-0.3, -0.25) is 14.7 Å².